The fraction of sp³-hybridized carbons (Fsp3) is 0.500. The molecule has 0 saturated heterocycles. The number of phenolic OH excluding ortho intramolecular Hbond substituents is 1. The lowest BCUT2D eigenvalue weighted by Gasteiger charge is -2.14. The highest BCUT2D eigenvalue weighted by Gasteiger charge is 2.17. The molecule has 5 heteroatoms. The largest absolute Gasteiger partial charge is 0.504 e. The first-order valence-electron chi connectivity index (χ1n) is 5.48. The summed E-state index contributed by atoms with van der Waals surface area (Å²) in [6.45, 7) is 0.631. The van der Waals surface area contributed by atoms with E-state index >= 15 is 0 Å². The molecule has 0 aliphatic heterocycles. The van der Waals surface area contributed by atoms with Crippen LogP contribution in [0.15, 0.2) is 6.07 Å². The van der Waals surface area contributed by atoms with Gasteiger partial charge < -0.3 is 20.3 Å². The number of halogens is 1. The minimum Gasteiger partial charge on any atom is -0.504 e. The number of hydrogen-bond donors (Lipinski definition) is 2. The smallest absolute Gasteiger partial charge is 0.203 e. The second kappa shape index (κ2) is 6.57. The summed E-state index contributed by atoms with van der Waals surface area (Å²) in [7, 11) is 2.98. The summed E-state index contributed by atoms with van der Waals surface area (Å²) >= 11 is 6.09. The zero-order chi connectivity index (χ0) is 12.8. The molecular weight excluding hydrogens is 242 g/mol. The number of hydrogen-bond acceptors (Lipinski definition) is 4. The Hall–Kier alpha value is -1.13. The van der Waals surface area contributed by atoms with E-state index in [4.69, 9.17) is 26.8 Å². The van der Waals surface area contributed by atoms with Gasteiger partial charge in [-0.05, 0) is 25.8 Å². The molecule has 0 radical (unpaired) electrons. The first kappa shape index (κ1) is 13.9. The van der Waals surface area contributed by atoms with E-state index in [1.165, 1.54) is 14.2 Å². The van der Waals surface area contributed by atoms with E-state index in [2.05, 4.69) is 0 Å². The van der Waals surface area contributed by atoms with E-state index in [1.807, 2.05) is 0 Å². The van der Waals surface area contributed by atoms with Gasteiger partial charge in [-0.15, -0.1) is 0 Å². The lowest BCUT2D eigenvalue weighted by atomic mass is 10.1. The molecule has 0 spiro atoms. The lowest BCUT2D eigenvalue weighted by molar-refractivity contribution is 0.331. The van der Waals surface area contributed by atoms with Gasteiger partial charge in [-0.1, -0.05) is 11.6 Å². The normalized spacial score (nSPS) is 10.4. The van der Waals surface area contributed by atoms with Crippen molar-refractivity contribution in [2.75, 3.05) is 20.8 Å². The van der Waals surface area contributed by atoms with Gasteiger partial charge in [0.05, 0.1) is 19.2 Å². The SMILES string of the molecule is COc1cc(Cl)c(CCCCN)c(O)c1OC. The van der Waals surface area contributed by atoms with Gasteiger partial charge in [0.25, 0.3) is 0 Å². The van der Waals surface area contributed by atoms with Gasteiger partial charge in [-0.2, -0.15) is 0 Å². The third-order valence-electron chi connectivity index (χ3n) is 2.58. The molecule has 1 aromatic carbocycles. The highest BCUT2D eigenvalue weighted by atomic mass is 35.5. The summed E-state index contributed by atoms with van der Waals surface area (Å²) in [5, 5.41) is 10.5. The van der Waals surface area contributed by atoms with Crippen molar-refractivity contribution in [3.63, 3.8) is 0 Å². The van der Waals surface area contributed by atoms with Gasteiger partial charge in [-0.25, -0.2) is 0 Å². The van der Waals surface area contributed by atoms with E-state index in [0.717, 1.165) is 12.8 Å². The van der Waals surface area contributed by atoms with Crippen molar-refractivity contribution in [3.8, 4) is 17.2 Å². The van der Waals surface area contributed by atoms with Crippen LogP contribution < -0.4 is 15.2 Å². The van der Waals surface area contributed by atoms with E-state index in [9.17, 15) is 5.11 Å². The summed E-state index contributed by atoms with van der Waals surface area (Å²) in [5.74, 6) is 0.797. The molecule has 0 atom stereocenters. The van der Waals surface area contributed by atoms with Crippen molar-refractivity contribution in [3.05, 3.63) is 16.7 Å². The Labute approximate surface area is 106 Å². The molecule has 0 heterocycles. The maximum Gasteiger partial charge on any atom is 0.203 e. The average molecular weight is 260 g/mol. The van der Waals surface area contributed by atoms with Gasteiger partial charge in [0.15, 0.2) is 11.5 Å². The number of ether oxygens (including phenoxy) is 2. The van der Waals surface area contributed by atoms with Crippen LogP contribution in [0.1, 0.15) is 18.4 Å². The zero-order valence-electron chi connectivity index (χ0n) is 10.1. The summed E-state index contributed by atoms with van der Waals surface area (Å²) in [6.07, 6.45) is 2.44. The minimum absolute atomic E-state index is 0.0499. The highest BCUT2D eigenvalue weighted by molar-refractivity contribution is 6.31. The fourth-order valence-corrected chi connectivity index (χ4v) is 1.95. The molecule has 0 aliphatic carbocycles. The Bertz CT molecular complexity index is 383. The molecule has 0 saturated carbocycles. The molecule has 0 bridgehead atoms. The van der Waals surface area contributed by atoms with Crippen molar-refractivity contribution in [2.45, 2.75) is 19.3 Å². The molecule has 0 amide bonds. The summed E-state index contributed by atoms with van der Waals surface area (Å²) in [4.78, 5) is 0. The third kappa shape index (κ3) is 3.17. The van der Waals surface area contributed by atoms with Gasteiger partial charge in [0.2, 0.25) is 5.75 Å². The molecule has 0 unspecified atom stereocenters. The average Bonchev–Trinajstić information content (AvgIpc) is 2.32. The number of aromatic hydroxyl groups is 1. The predicted octanol–water partition coefficient (Wildman–Crippen LogP) is 2.34. The van der Waals surface area contributed by atoms with E-state index in [0.29, 0.717) is 35.1 Å². The monoisotopic (exact) mass is 259 g/mol. The molecule has 4 nitrogen and oxygen atoms in total. The second-order valence-corrected chi connectivity index (χ2v) is 4.07. The lowest BCUT2D eigenvalue weighted by Crippen LogP contribution is -2.00. The van der Waals surface area contributed by atoms with Crippen LogP contribution in [0.25, 0.3) is 0 Å². The minimum atomic E-state index is 0.0499. The molecule has 0 aliphatic rings. The van der Waals surface area contributed by atoms with Crippen LogP contribution in [0.5, 0.6) is 17.2 Å². The predicted molar refractivity (Wildman–Crippen MR) is 68.2 cm³/mol. The Balaban J connectivity index is 3.04. The van der Waals surface area contributed by atoms with Gasteiger partial charge in [0.1, 0.15) is 0 Å². The van der Waals surface area contributed by atoms with Gasteiger partial charge >= 0.3 is 0 Å². The summed E-state index contributed by atoms with van der Waals surface area (Å²) in [6, 6.07) is 1.65. The maximum atomic E-state index is 10.1. The van der Waals surface area contributed by atoms with Gasteiger partial charge in [-0.3, -0.25) is 0 Å². The van der Waals surface area contributed by atoms with Gasteiger partial charge in [0, 0.05) is 11.6 Å². The molecule has 1 aromatic rings. The molecular formula is C12H18ClNO3. The first-order chi connectivity index (χ1) is 8.15. The molecule has 0 fully saturated rings. The van der Waals surface area contributed by atoms with Crippen LogP contribution >= 0.6 is 11.6 Å². The Morgan fingerprint density at radius 3 is 2.53 bits per heavy atom. The Kier molecular flexibility index (Phi) is 5.38. The number of unbranched alkanes of at least 4 members (excludes halogenated alkanes) is 1. The third-order valence-corrected chi connectivity index (χ3v) is 2.91. The fourth-order valence-electron chi connectivity index (χ4n) is 1.67. The van der Waals surface area contributed by atoms with Crippen LogP contribution in [0.3, 0.4) is 0 Å². The number of rotatable bonds is 6. The van der Waals surface area contributed by atoms with Crippen LogP contribution in [-0.4, -0.2) is 25.9 Å². The Morgan fingerprint density at radius 1 is 1.29 bits per heavy atom. The molecule has 17 heavy (non-hydrogen) atoms. The van der Waals surface area contributed by atoms with Crippen LogP contribution in [0, 0.1) is 0 Å². The molecule has 0 aromatic heterocycles. The van der Waals surface area contributed by atoms with E-state index in [-0.39, 0.29) is 5.75 Å². The standard InChI is InChI=1S/C12H18ClNO3/c1-16-10-7-9(13)8(5-3-4-6-14)11(15)12(10)17-2/h7,15H,3-6,14H2,1-2H3. The number of nitrogens with two attached hydrogens (primary N) is 1. The van der Waals surface area contributed by atoms with Crippen molar-refractivity contribution in [1.29, 1.82) is 0 Å². The van der Waals surface area contributed by atoms with Crippen LogP contribution in [0.4, 0.5) is 0 Å². The topological polar surface area (TPSA) is 64.7 Å². The van der Waals surface area contributed by atoms with Crippen molar-refractivity contribution in [2.24, 2.45) is 5.73 Å². The summed E-state index contributed by atoms with van der Waals surface area (Å²) in [5.41, 5.74) is 6.11. The quantitative estimate of drug-likeness (QED) is 0.770. The number of methoxy groups -OCH3 is 2. The maximum absolute atomic E-state index is 10.1. The molecule has 3 N–H and O–H groups in total. The van der Waals surface area contributed by atoms with Crippen LogP contribution in [0.2, 0.25) is 5.02 Å². The van der Waals surface area contributed by atoms with Crippen molar-refractivity contribution >= 4 is 11.6 Å². The highest BCUT2D eigenvalue weighted by Crippen LogP contribution is 2.43. The number of phenols is 1. The second-order valence-electron chi connectivity index (χ2n) is 3.67. The van der Waals surface area contributed by atoms with Crippen LogP contribution in [-0.2, 0) is 6.42 Å². The van der Waals surface area contributed by atoms with E-state index < -0.39 is 0 Å². The Morgan fingerprint density at radius 2 is 2.00 bits per heavy atom. The van der Waals surface area contributed by atoms with Crippen molar-refractivity contribution < 1.29 is 14.6 Å². The molecule has 1 rings (SSSR count). The number of benzene rings is 1. The zero-order valence-corrected chi connectivity index (χ0v) is 10.9. The van der Waals surface area contributed by atoms with Crippen molar-refractivity contribution in [1.82, 2.24) is 0 Å². The van der Waals surface area contributed by atoms with E-state index in [1.54, 1.807) is 6.07 Å². The first-order valence-corrected chi connectivity index (χ1v) is 5.85. The molecule has 96 valence electrons. The summed E-state index contributed by atoms with van der Waals surface area (Å²) < 4.78 is 10.2.